The molecule has 0 bridgehead atoms. The van der Waals surface area contributed by atoms with E-state index < -0.39 is 0 Å². The zero-order valence-electron chi connectivity index (χ0n) is 5.91. The van der Waals surface area contributed by atoms with Crippen LogP contribution in [-0.2, 0) is 5.11 Å². The number of hydrogen-bond donors (Lipinski definition) is 0. The molecule has 1 radical (unpaired) electrons. The maximum atomic E-state index is 11.1. The molecule has 2 heteroatoms. The van der Waals surface area contributed by atoms with Gasteiger partial charge in [0.2, 0.25) is 0 Å². The summed E-state index contributed by atoms with van der Waals surface area (Å²) in [6, 6.07) is 5.05. The molecule has 0 unspecified atom stereocenters. The Labute approximate surface area is 64.7 Å². The second-order valence-corrected chi connectivity index (χ2v) is 2.38. The van der Waals surface area contributed by atoms with Crippen molar-refractivity contribution in [3.05, 3.63) is 29.8 Å². The second kappa shape index (κ2) is 2.31. The van der Waals surface area contributed by atoms with Crippen molar-refractivity contribution >= 4 is 6.08 Å². The molecule has 1 aromatic carbocycles. The van der Waals surface area contributed by atoms with Gasteiger partial charge in [0.25, 0.3) is 0 Å². The number of fused-ring (bicyclic) bond motifs is 1. The fourth-order valence-electron chi connectivity index (χ4n) is 1.12. The average Bonchev–Trinajstić information content (AvgIpc) is 2.06. The Morgan fingerprint density at radius 2 is 2.27 bits per heavy atom. The van der Waals surface area contributed by atoms with Crippen molar-refractivity contribution in [2.45, 2.75) is 0 Å². The van der Waals surface area contributed by atoms with Crippen LogP contribution in [0.15, 0.2) is 24.3 Å². The minimum Gasteiger partial charge on any atom is -0.489 e. The van der Waals surface area contributed by atoms with Crippen molar-refractivity contribution in [1.29, 1.82) is 0 Å². The van der Waals surface area contributed by atoms with E-state index in [0.717, 1.165) is 0 Å². The first-order valence-corrected chi connectivity index (χ1v) is 3.47. The summed E-state index contributed by atoms with van der Waals surface area (Å²) in [7, 11) is 0. The number of ether oxygens (including phenoxy) is 1. The number of hydrogen-bond acceptors (Lipinski definition) is 1. The lowest BCUT2D eigenvalue weighted by molar-refractivity contribution is 0.333. The van der Waals surface area contributed by atoms with Crippen LogP contribution in [-0.4, -0.2) is 6.61 Å². The molecule has 0 atom stereocenters. The quantitative estimate of drug-likeness (QED) is 0.553. The second-order valence-electron chi connectivity index (χ2n) is 2.38. The Balaban J connectivity index is 2.60. The third-order valence-corrected chi connectivity index (χ3v) is 1.65. The highest BCUT2D eigenvalue weighted by Crippen LogP contribution is 2.31. The summed E-state index contributed by atoms with van der Waals surface area (Å²) < 4.78 is 5.22. The van der Waals surface area contributed by atoms with Gasteiger partial charge >= 0.3 is 0 Å². The molecule has 0 saturated heterocycles. The van der Waals surface area contributed by atoms with Crippen LogP contribution in [0.3, 0.4) is 0 Å². The van der Waals surface area contributed by atoms with Crippen LogP contribution in [0.2, 0.25) is 0 Å². The van der Waals surface area contributed by atoms with Crippen molar-refractivity contribution in [3.63, 3.8) is 0 Å². The molecular weight excluding hydrogens is 140 g/mol. The predicted molar refractivity (Wildman–Crippen MR) is 41.1 cm³/mol. The highest BCUT2D eigenvalue weighted by Gasteiger charge is 2.09. The SMILES string of the molecule is [O]c1cccc2c1C=CCO2. The topological polar surface area (TPSA) is 29.1 Å². The molecule has 1 aromatic rings. The van der Waals surface area contributed by atoms with E-state index >= 15 is 0 Å². The summed E-state index contributed by atoms with van der Waals surface area (Å²) in [5.41, 5.74) is 0.666. The van der Waals surface area contributed by atoms with E-state index in [1.807, 2.05) is 6.08 Å². The van der Waals surface area contributed by atoms with Crippen LogP contribution >= 0.6 is 0 Å². The summed E-state index contributed by atoms with van der Waals surface area (Å²) in [5.74, 6) is 0.721. The van der Waals surface area contributed by atoms with Gasteiger partial charge < -0.3 is 4.74 Å². The van der Waals surface area contributed by atoms with Crippen LogP contribution in [0.1, 0.15) is 5.56 Å². The highest BCUT2D eigenvalue weighted by atomic mass is 16.5. The van der Waals surface area contributed by atoms with E-state index in [2.05, 4.69) is 0 Å². The fourth-order valence-corrected chi connectivity index (χ4v) is 1.12. The molecule has 55 valence electrons. The summed E-state index contributed by atoms with van der Waals surface area (Å²) >= 11 is 0. The molecule has 0 fully saturated rings. The summed E-state index contributed by atoms with van der Waals surface area (Å²) in [6.07, 6.45) is 3.64. The number of rotatable bonds is 0. The molecule has 1 aliphatic heterocycles. The van der Waals surface area contributed by atoms with Crippen molar-refractivity contribution in [3.8, 4) is 11.5 Å². The first-order valence-electron chi connectivity index (χ1n) is 3.47. The Bertz CT molecular complexity index is 302. The van der Waals surface area contributed by atoms with Gasteiger partial charge in [-0.1, -0.05) is 6.07 Å². The minimum atomic E-state index is 0.0263. The summed E-state index contributed by atoms with van der Waals surface area (Å²) in [5, 5.41) is 11.1. The van der Waals surface area contributed by atoms with Crippen LogP contribution < -0.4 is 4.74 Å². The molecule has 1 heterocycles. The molecule has 2 rings (SSSR count). The Morgan fingerprint density at radius 3 is 3.09 bits per heavy atom. The molecule has 0 amide bonds. The minimum absolute atomic E-state index is 0.0263. The van der Waals surface area contributed by atoms with Gasteiger partial charge in [-0.25, -0.2) is 0 Å². The van der Waals surface area contributed by atoms with Crippen LogP contribution in [0, 0.1) is 0 Å². The van der Waals surface area contributed by atoms with Crippen LogP contribution in [0.25, 0.3) is 6.08 Å². The first kappa shape index (κ1) is 6.28. The van der Waals surface area contributed by atoms with E-state index in [1.165, 1.54) is 6.07 Å². The smallest absolute Gasteiger partial charge is 0.189 e. The van der Waals surface area contributed by atoms with Gasteiger partial charge in [-0.3, -0.25) is 5.11 Å². The Hall–Kier alpha value is -1.44. The van der Waals surface area contributed by atoms with Crippen molar-refractivity contribution < 1.29 is 9.84 Å². The lowest BCUT2D eigenvalue weighted by Gasteiger charge is -2.11. The lowest BCUT2D eigenvalue weighted by Crippen LogP contribution is -1.99. The molecule has 11 heavy (non-hydrogen) atoms. The monoisotopic (exact) mass is 147 g/mol. The maximum absolute atomic E-state index is 11.1. The van der Waals surface area contributed by atoms with E-state index in [-0.39, 0.29) is 5.75 Å². The molecular formula is C9H7O2. The summed E-state index contributed by atoms with van der Waals surface area (Å²) in [6.45, 7) is 0.566. The lowest BCUT2D eigenvalue weighted by atomic mass is 10.1. The van der Waals surface area contributed by atoms with Crippen molar-refractivity contribution in [2.24, 2.45) is 0 Å². The third-order valence-electron chi connectivity index (χ3n) is 1.65. The van der Waals surface area contributed by atoms with Gasteiger partial charge in [0.1, 0.15) is 12.4 Å². The molecule has 0 N–H and O–H groups in total. The van der Waals surface area contributed by atoms with Crippen molar-refractivity contribution in [2.75, 3.05) is 6.61 Å². The zero-order chi connectivity index (χ0) is 7.68. The maximum Gasteiger partial charge on any atom is 0.189 e. The third kappa shape index (κ3) is 0.963. The van der Waals surface area contributed by atoms with E-state index in [0.29, 0.717) is 17.9 Å². The zero-order valence-corrected chi connectivity index (χ0v) is 5.91. The van der Waals surface area contributed by atoms with Gasteiger partial charge in [0, 0.05) is 0 Å². The average molecular weight is 147 g/mol. The summed E-state index contributed by atoms with van der Waals surface area (Å²) in [4.78, 5) is 0. The van der Waals surface area contributed by atoms with Crippen molar-refractivity contribution in [1.82, 2.24) is 0 Å². The molecule has 0 spiro atoms. The van der Waals surface area contributed by atoms with Gasteiger partial charge in [-0.15, -0.1) is 0 Å². The molecule has 0 aliphatic carbocycles. The normalized spacial score (nSPS) is 13.8. The van der Waals surface area contributed by atoms with Gasteiger partial charge in [-0.2, -0.15) is 0 Å². The van der Waals surface area contributed by atoms with Gasteiger partial charge in [-0.05, 0) is 24.3 Å². The van der Waals surface area contributed by atoms with Gasteiger partial charge in [0.05, 0.1) is 5.56 Å². The Morgan fingerprint density at radius 1 is 1.36 bits per heavy atom. The standard InChI is InChI=1S/C9H7O2/c10-8-4-1-5-9-7(8)3-2-6-11-9/h1-5H,6H2. The molecule has 0 aromatic heterocycles. The number of benzene rings is 1. The van der Waals surface area contributed by atoms with E-state index in [4.69, 9.17) is 4.74 Å². The first-order chi connectivity index (χ1) is 5.38. The largest absolute Gasteiger partial charge is 0.489 e. The molecule has 0 saturated carbocycles. The van der Waals surface area contributed by atoms with Crippen LogP contribution in [0.5, 0.6) is 11.5 Å². The van der Waals surface area contributed by atoms with Crippen LogP contribution in [0.4, 0.5) is 0 Å². The highest BCUT2D eigenvalue weighted by molar-refractivity contribution is 5.65. The van der Waals surface area contributed by atoms with Gasteiger partial charge in [0.15, 0.2) is 5.75 Å². The molecule has 2 nitrogen and oxygen atoms in total. The molecule has 1 aliphatic rings. The Kier molecular flexibility index (Phi) is 1.32. The fraction of sp³-hybridized carbons (Fsp3) is 0.111. The predicted octanol–water partition coefficient (Wildman–Crippen LogP) is 2.24. The van der Waals surface area contributed by atoms with E-state index in [1.54, 1.807) is 18.2 Å². The van der Waals surface area contributed by atoms with E-state index in [9.17, 15) is 5.11 Å².